The molecule has 5 nitrogen and oxygen atoms in total. The van der Waals surface area contributed by atoms with Crippen molar-refractivity contribution in [2.75, 3.05) is 26.4 Å². The second-order valence-electron chi connectivity index (χ2n) is 4.93. The molecule has 0 bridgehead atoms. The second-order valence-corrected chi connectivity index (χ2v) is 4.93. The molecule has 1 amide bonds. The molecule has 2 fully saturated rings. The Bertz CT molecular complexity index is 256. The zero-order chi connectivity index (χ0) is 12.1. The summed E-state index contributed by atoms with van der Waals surface area (Å²) in [7, 11) is 0. The predicted molar refractivity (Wildman–Crippen MR) is 70.8 cm³/mol. The van der Waals surface area contributed by atoms with Gasteiger partial charge < -0.3 is 20.5 Å². The molecule has 0 aromatic rings. The second kappa shape index (κ2) is 7.94. The first-order chi connectivity index (χ1) is 8.25. The largest absolute Gasteiger partial charge is 0.381 e. The quantitative estimate of drug-likeness (QED) is 0.740. The van der Waals surface area contributed by atoms with Crippen molar-refractivity contribution in [1.29, 1.82) is 0 Å². The van der Waals surface area contributed by atoms with E-state index in [1.165, 1.54) is 12.8 Å². The summed E-state index contributed by atoms with van der Waals surface area (Å²) in [5.74, 6) is 0.555. The molecule has 3 N–H and O–H groups in total. The number of ether oxygens (including phenoxy) is 2. The molecular formula is C12H23ClN2O3. The molecule has 1 aliphatic carbocycles. The summed E-state index contributed by atoms with van der Waals surface area (Å²) >= 11 is 0. The van der Waals surface area contributed by atoms with Gasteiger partial charge in [0.05, 0.1) is 6.10 Å². The normalized spacial score (nSPS) is 22.1. The fraction of sp³-hybridized carbons (Fsp3) is 0.917. The lowest BCUT2D eigenvalue weighted by atomic mass is 10.1. The molecule has 0 aromatic carbocycles. The Hall–Kier alpha value is -0.360. The average molecular weight is 279 g/mol. The van der Waals surface area contributed by atoms with Crippen LogP contribution in [0.3, 0.4) is 0 Å². The number of halogens is 1. The van der Waals surface area contributed by atoms with Crippen molar-refractivity contribution in [3.63, 3.8) is 0 Å². The summed E-state index contributed by atoms with van der Waals surface area (Å²) in [5, 5.41) is 2.82. The van der Waals surface area contributed by atoms with E-state index < -0.39 is 0 Å². The van der Waals surface area contributed by atoms with Crippen LogP contribution in [0, 0.1) is 5.92 Å². The minimum absolute atomic E-state index is 0. The Morgan fingerprint density at radius 2 is 2.00 bits per heavy atom. The highest BCUT2D eigenvalue weighted by Crippen LogP contribution is 2.31. The van der Waals surface area contributed by atoms with Gasteiger partial charge in [0, 0.05) is 25.8 Å². The highest BCUT2D eigenvalue weighted by Gasteiger charge is 2.28. The van der Waals surface area contributed by atoms with Crippen LogP contribution in [0.2, 0.25) is 0 Å². The number of nitrogens with two attached hydrogens (primary N) is 1. The van der Waals surface area contributed by atoms with Crippen LogP contribution in [0.1, 0.15) is 25.7 Å². The first-order valence-corrected chi connectivity index (χ1v) is 6.47. The van der Waals surface area contributed by atoms with Crippen LogP contribution >= 0.6 is 12.4 Å². The van der Waals surface area contributed by atoms with Crippen molar-refractivity contribution >= 4 is 18.3 Å². The van der Waals surface area contributed by atoms with Gasteiger partial charge in [-0.1, -0.05) is 0 Å². The topological polar surface area (TPSA) is 73.6 Å². The molecule has 0 radical (unpaired) electrons. The van der Waals surface area contributed by atoms with Crippen LogP contribution in [0.15, 0.2) is 0 Å². The fourth-order valence-corrected chi connectivity index (χ4v) is 2.01. The molecule has 1 unspecified atom stereocenters. The summed E-state index contributed by atoms with van der Waals surface area (Å²) in [6.45, 7) is 2.18. The zero-order valence-corrected chi connectivity index (χ0v) is 11.4. The number of amides is 1. The van der Waals surface area contributed by atoms with Gasteiger partial charge >= 0.3 is 0 Å². The van der Waals surface area contributed by atoms with Crippen molar-refractivity contribution < 1.29 is 14.3 Å². The summed E-state index contributed by atoms with van der Waals surface area (Å²) in [6, 6.07) is 0.113. The van der Waals surface area contributed by atoms with Gasteiger partial charge in [-0.3, -0.25) is 4.79 Å². The SMILES string of the molecule is Cl.NC(CNC(=O)COC1CCOCC1)C1CC1. The first kappa shape index (κ1) is 15.7. The highest BCUT2D eigenvalue weighted by atomic mass is 35.5. The molecule has 1 saturated carbocycles. The van der Waals surface area contributed by atoms with Gasteiger partial charge in [-0.15, -0.1) is 12.4 Å². The lowest BCUT2D eigenvalue weighted by Crippen LogP contribution is -2.40. The van der Waals surface area contributed by atoms with Crippen molar-refractivity contribution in [2.45, 2.75) is 37.8 Å². The van der Waals surface area contributed by atoms with Gasteiger partial charge in [-0.25, -0.2) is 0 Å². The smallest absolute Gasteiger partial charge is 0.246 e. The molecule has 2 rings (SSSR count). The van der Waals surface area contributed by atoms with Crippen LogP contribution in [0.4, 0.5) is 0 Å². The number of hydrogen-bond acceptors (Lipinski definition) is 4. The molecule has 0 aromatic heterocycles. The van der Waals surface area contributed by atoms with Gasteiger partial charge in [0.25, 0.3) is 0 Å². The molecule has 1 atom stereocenters. The van der Waals surface area contributed by atoms with E-state index in [-0.39, 0.29) is 37.1 Å². The number of nitrogens with one attached hydrogen (secondary N) is 1. The molecule has 106 valence electrons. The minimum atomic E-state index is -0.0624. The monoisotopic (exact) mass is 278 g/mol. The Morgan fingerprint density at radius 3 is 2.61 bits per heavy atom. The number of carbonyl (C=O) groups is 1. The Kier molecular flexibility index (Phi) is 6.92. The third-order valence-corrected chi connectivity index (χ3v) is 3.38. The first-order valence-electron chi connectivity index (χ1n) is 6.47. The van der Waals surface area contributed by atoms with Crippen molar-refractivity contribution in [3.05, 3.63) is 0 Å². The van der Waals surface area contributed by atoms with E-state index >= 15 is 0 Å². The molecule has 18 heavy (non-hydrogen) atoms. The molecular weight excluding hydrogens is 256 g/mol. The maximum Gasteiger partial charge on any atom is 0.246 e. The van der Waals surface area contributed by atoms with E-state index in [0.717, 1.165) is 26.1 Å². The van der Waals surface area contributed by atoms with E-state index in [1.54, 1.807) is 0 Å². The fourth-order valence-electron chi connectivity index (χ4n) is 2.01. The summed E-state index contributed by atoms with van der Waals surface area (Å²) < 4.78 is 10.7. The van der Waals surface area contributed by atoms with Crippen LogP contribution < -0.4 is 11.1 Å². The lowest BCUT2D eigenvalue weighted by Gasteiger charge is -2.22. The van der Waals surface area contributed by atoms with Gasteiger partial charge in [-0.2, -0.15) is 0 Å². The van der Waals surface area contributed by atoms with Crippen molar-refractivity contribution in [2.24, 2.45) is 11.7 Å². The Morgan fingerprint density at radius 1 is 1.33 bits per heavy atom. The third-order valence-electron chi connectivity index (χ3n) is 3.38. The third kappa shape index (κ3) is 5.52. The van der Waals surface area contributed by atoms with Crippen molar-refractivity contribution in [1.82, 2.24) is 5.32 Å². The van der Waals surface area contributed by atoms with Gasteiger partial charge in [-0.05, 0) is 31.6 Å². The van der Waals surface area contributed by atoms with E-state index in [0.29, 0.717) is 12.5 Å². The van der Waals surface area contributed by atoms with E-state index in [2.05, 4.69) is 5.32 Å². The van der Waals surface area contributed by atoms with E-state index in [1.807, 2.05) is 0 Å². The molecule has 1 aliphatic heterocycles. The average Bonchev–Trinajstić information content (AvgIpc) is 3.19. The zero-order valence-electron chi connectivity index (χ0n) is 10.6. The summed E-state index contributed by atoms with van der Waals surface area (Å²) in [6.07, 6.45) is 4.35. The molecule has 1 heterocycles. The standard InChI is InChI=1S/C12H22N2O3.ClH/c13-11(9-1-2-9)7-14-12(15)8-17-10-3-5-16-6-4-10;/h9-11H,1-8,13H2,(H,14,15);1H. The van der Waals surface area contributed by atoms with Crippen LogP contribution in [0.25, 0.3) is 0 Å². The Balaban J connectivity index is 0.00000162. The number of carbonyl (C=O) groups excluding carboxylic acids is 1. The van der Waals surface area contributed by atoms with Crippen LogP contribution in [-0.2, 0) is 14.3 Å². The minimum Gasteiger partial charge on any atom is -0.381 e. The molecule has 6 heteroatoms. The van der Waals surface area contributed by atoms with Crippen LogP contribution in [-0.4, -0.2) is 44.4 Å². The molecule has 1 saturated heterocycles. The lowest BCUT2D eigenvalue weighted by molar-refractivity contribution is -0.129. The van der Waals surface area contributed by atoms with Crippen molar-refractivity contribution in [3.8, 4) is 0 Å². The molecule has 2 aliphatic rings. The van der Waals surface area contributed by atoms with Gasteiger partial charge in [0.2, 0.25) is 5.91 Å². The maximum absolute atomic E-state index is 11.5. The Labute approximate surface area is 114 Å². The summed E-state index contributed by atoms with van der Waals surface area (Å²) in [5.41, 5.74) is 5.89. The summed E-state index contributed by atoms with van der Waals surface area (Å²) in [4.78, 5) is 11.5. The van der Waals surface area contributed by atoms with E-state index in [4.69, 9.17) is 15.2 Å². The predicted octanol–water partition coefficient (Wildman–Crippen LogP) is 0.457. The number of rotatable bonds is 6. The molecule has 0 spiro atoms. The highest BCUT2D eigenvalue weighted by molar-refractivity contribution is 5.85. The van der Waals surface area contributed by atoms with Crippen LogP contribution in [0.5, 0.6) is 0 Å². The maximum atomic E-state index is 11.5. The van der Waals surface area contributed by atoms with E-state index in [9.17, 15) is 4.79 Å². The number of hydrogen-bond donors (Lipinski definition) is 2. The van der Waals surface area contributed by atoms with Gasteiger partial charge in [0.15, 0.2) is 0 Å². The van der Waals surface area contributed by atoms with Gasteiger partial charge in [0.1, 0.15) is 6.61 Å².